The number of phenolic OH excluding ortho intramolecular Hbond substituents is 1. The van der Waals surface area contributed by atoms with E-state index in [1.807, 2.05) is 19.2 Å². The lowest BCUT2D eigenvalue weighted by Crippen LogP contribution is -1.88. The molecule has 0 bridgehead atoms. The highest BCUT2D eigenvalue weighted by atomic mass is 79.9. The number of rotatable bonds is 1. The van der Waals surface area contributed by atoms with Gasteiger partial charge in [0.1, 0.15) is 10.4 Å². The van der Waals surface area contributed by atoms with Crippen LogP contribution in [-0.4, -0.2) is 14.9 Å². The van der Waals surface area contributed by atoms with Crippen molar-refractivity contribution in [2.24, 2.45) is 7.05 Å². The third kappa shape index (κ3) is 1.53. The van der Waals surface area contributed by atoms with Crippen molar-refractivity contribution in [3.63, 3.8) is 0 Å². The van der Waals surface area contributed by atoms with E-state index < -0.39 is 0 Å². The SMILES string of the molecule is Cn1ncc(-c2cccc(O)c2)c1Br. The van der Waals surface area contributed by atoms with Crippen LogP contribution in [0.5, 0.6) is 5.75 Å². The topological polar surface area (TPSA) is 38.0 Å². The molecule has 1 heterocycles. The van der Waals surface area contributed by atoms with Crippen LogP contribution in [0.1, 0.15) is 0 Å². The number of phenols is 1. The molecule has 14 heavy (non-hydrogen) atoms. The first-order valence-electron chi connectivity index (χ1n) is 4.15. The molecule has 0 amide bonds. The number of benzene rings is 1. The first-order valence-corrected chi connectivity index (χ1v) is 4.94. The van der Waals surface area contributed by atoms with Crippen LogP contribution in [0.3, 0.4) is 0 Å². The summed E-state index contributed by atoms with van der Waals surface area (Å²) in [4.78, 5) is 0. The van der Waals surface area contributed by atoms with Gasteiger partial charge in [-0.3, -0.25) is 4.68 Å². The molecule has 0 fully saturated rings. The largest absolute Gasteiger partial charge is 0.508 e. The van der Waals surface area contributed by atoms with Crippen LogP contribution in [0.2, 0.25) is 0 Å². The highest BCUT2D eigenvalue weighted by Crippen LogP contribution is 2.29. The maximum Gasteiger partial charge on any atom is 0.116 e. The zero-order valence-corrected chi connectivity index (χ0v) is 9.19. The van der Waals surface area contributed by atoms with Crippen LogP contribution >= 0.6 is 15.9 Å². The van der Waals surface area contributed by atoms with Crippen LogP contribution in [0, 0.1) is 0 Å². The van der Waals surface area contributed by atoms with Crippen LogP contribution in [0.25, 0.3) is 11.1 Å². The summed E-state index contributed by atoms with van der Waals surface area (Å²) in [6, 6.07) is 7.10. The van der Waals surface area contributed by atoms with Gasteiger partial charge in [-0.2, -0.15) is 5.10 Å². The predicted molar refractivity (Wildman–Crippen MR) is 58.0 cm³/mol. The summed E-state index contributed by atoms with van der Waals surface area (Å²) in [7, 11) is 1.86. The Kier molecular flexibility index (Phi) is 2.29. The summed E-state index contributed by atoms with van der Waals surface area (Å²) in [5.41, 5.74) is 1.92. The van der Waals surface area contributed by atoms with Gasteiger partial charge in [-0.25, -0.2) is 0 Å². The third-order valence-corrected chi connectivity index (χ3v) is 2.96. The molecule has 0 radical (unpaired) electrons. The zero-order valence-electron chi connectivity index (χ0n) is 7.61. The number of halogens is 1. The minimum atomic E-state index is 0.262. The van der Waals surface area contributed by atoms with Gasteiger partial charge in [-0.05, 0) is 33.6 Å². The van der Waals surface area contributed by atoms with E-state index in [1.165, 1.54) is 0 Å². The maximum absolute atomic E-state index is 9.33. The minimum Gasteiger partial charge on any atom is -0.508 e. The van der Waals surface area contributed by atoms with E-state index in [2.05, 4.69) is 21.0 Å². The molecular weight excluding hydrogens is 244 g/mol. The zero-order chi connectivity index (χ0) is 10.1. The van der Waals surface area contributed by atoms with Gasteiger partial charge in [-0.1, -0.05) is 12.1 Å². The van der Waals surface area contributed by atoms with E-state index in [9.17, 15) is 5.11 Å². The smallest absolute Gasteiger partial charge is 0.116 e. The molecule has 72 valence electrons. The lowest BCUT2D eigenvalue weighted by atomic mass is 10.1. The first-order chi connectivity index (χ1) is 6.68. The van der Waals surface area contributed by atoms with E-state index in [-0.39, 0.29) is 5.75 Å². The summed E-state index contributed by atoms with van der Waals surface area (Å²) < 4.78 is 2.64. The normalized spacial score (nSPS) is 10.4. The highest BCUT2D eigenvalue weighted by Gasteiger charge is 2.07. The molecule has 0 aliphatic heterocycles. The predicted octanol–water partition coefficient (Wildman–Crippen LogP) is 2.56. The fourth-order valence-electron chi connectivity index (χ4n) is 1.29. The molecule has 0 saturated heterocycles. The second kappa shape index (κ2) is 3.46. The van der Waals surface area contributed by atoms with Crippen molar-refractivity contribution < 1.29 is 5.11 Å². The van der Waals surface area contributed by atoms with E-state index >= 15 is 0 Å². The van der Waals surface area contributed by atoms with Gasteiger partial charge in [0.15, 0.2) is 0 Å². The Morgan fingerprint density at radius 2 is 2.21 bits per heavy atom. The molecule has 0 spiro atoms. The number of hydrogen-bond acceptors (Lipinski definition) is 2. The Hall–Kier alpha value is -1.29. The number of aromatic nitrogens is 2. The van der Waals surface area contributed by atoms with Crippen LogP contribution in [0.15, 0.2) is 35.1 Å². The summed E-state index contributed by atoms with van der Waals surface area (Å²) in [5.74, 6) is 0.262. The van der Waals surface area contributed by atoms with Crippen molar-refractivity contribution in [3.05, 3.63) is 35.1 Å². The van der Waals surface area contributed by atoms with Crippen molar-refractivity contribution in [1.29, 1.82) is 0 Å². The second-order valence-corrected chi connectivity index (χ2v) is 3.77. The number of aryl methyl sites for hydroxylation is 1. The fraction of sp³-hybridized carbons (Fsp3) is 0.100. The second-order valence-electron chi connectivity index (χ2n) is 3.02. The molecular formula is C10H9BrN2O. The molecule has 2 rings (SSSR count). The molecule has 3 nitrogen and oxygen atoms in total. The van der Waals surface area contributed by atoms with Gasteiger partial charge in [0.2, 0.25) is 0 Å². The fourth-order valence-corrected chi connectivity index (χ4v) is 1.71. The highest BCUT2D eigenvalue weighted by molar-refractivity contribution is 9.10. The Balaban J connectivity index is 2.55. The quantitative estimate of drug-likeness (QED) is 0.848. The lowest BCUT2D eigenvalue weighted by Gasteiger charge is -1.99. The summed E-state index contributed by atoms with van der Waals surface area (Å²) >= 11 is 3.43. The van der Waals surface area contributed by atoms with Crippen molar-refractivity contribution in [2.45, 2.75) is 0 Å². The van der Waals surface area contributed by atoms with Gasteiger partial charge in [0.05, 0.1) is 6.20 Å². The van der Waals surface area contributed by atoms with Crippen molar-refractivity contribution in [2.75, 3.05) is 0 Å². The van der Waals surface area contributed by atoms with Crippen molar-refractivity contribution >= 4 is 15.9 Å². The van der Waals surface area contributed by atoms with Crippen molar-refractivity contribution in [1.82, 2.24) is 9.78 Å². The Labute approximate surface area is 90.1 Å². The third-order valence-electron chi connectivity index (χ3n) is 2.02. The van der Waals surface area contributed by atoms with E-state index in [4.69, 9.17) is 0 Å². The van der Waals surface area contributed by atoms with Gasteiger partial charge in [-0.15, -0.1) is 0 Å². The molecule has 0 atom stereocenters. The number of aromatic hydroxyl groups is 1. The van der Waals surface area contributed by atoms with Crippen molar-refractivity contribution in [3.8, 4) is 16.9 Å². The molecule has 4 heteroatoms. The number of nitrogens with zero attached hydrogens (tertiary/aromatic N) is 2. The van der Waals surface area contributed by atoms with Gasteiger partial charge >= 0.3 is 0 Å². The van der Waals surface area contributed by atoms with E-state index in [1.54, 1.807) is 23.0 Å². The Morgan fingerprint density at radius 3 is 2.79 bits per heavy atom. The molecule has 1 N–H and O–H groups in total. The average Bonchev–Trinajstić information content (AvgIpc) is 2.48. The molecule has 2 aromatic rings. The van der Waals surface area contributed by atoms with Gasteiger partial charge in [0, 0.05) is 12.6 Å². The first kappa shape index (κ1) is 9.27. The van der Waals surface area contributed by atoms with Gasteiger partial charge in [0.25, 0.3) is 0 Å². The minimum absolute atomic E-state index is 0.262. The molecule has 1 aromatic carbocycles. The molecule has 0 saturated carbocycles. The van der Waals surface area contributed by atoms with E-state index in [0.717, 1.165) is 15.7 Å². The summed E-state index contributed by atoms with van der Waals surface area (Å²) in [5, 5.41) is 13.4. The van der Waals surface area contributed by atoms with E-state index in [0.29, 0.717) is 0 Å². The molecule has 1 aromatic heterocycles. The molecule has 0 unspecified atom stereocenters. The monoisotopic (exact) mass is 252 g/mol. The Bertz CT molecular complexity index is 465. The molecule has 0 aliphatic rings. The summed E-state index contributed by atoms with van der Waals surface area (Å²) in [6.07, 6.45) is 1.76. The van der Waals surface area contributed by atoms with Gasteiger partial charge < -0.3 is 5.11 Å². The van der Waals surface area contributed by atoms with Crippen LogP contribution in [-0.2, 0) is 7.05 Å². The number of hydrogen-bond donors (Lipinski definition) is 1. The maximum atomic E-state index is 9.33. The average molecular weight is 253 g/mol. The lowest BCUT2D eigenvalue weighted by molar-refractivity contribution is 0.475. The molecule has 0 aliphatic carbocycles. The van der Waals surface area contributed by atoms with Crippen LogP contribution < -0.4 is 0 Å². The standard InChI is InChI=1S/C10H9BrN2O/c1-13-10(11)9(6-12-13)7-3-2-4-8(14)5-7/h2-6,14H,1H3. The summed E-state index contributed by atoms with van der Waals surface area (Å²) in [6.45, 7) is 0. The Morgan fingerprint density at radius 1 is 1.43 bits per heavy atom. The van der Waals surface area contributed by atoms with Crippen LogP contribution in [0.4, 0.5) is 0 Å².